The lowest BCUT2D eigenvalue weighted by Crippen LogP contribution is -2.15. The first kappa shape index (κ1) is 15.6. The summed E-state index contributed by atoms with van der Waals surface area (Å²) in [7, 11) is 1.79. The van der Waals surface area contributed by atoms with E-state index in [1.807, 2.05) is 18.2 Å². The van der Waals surface area contributed by atoms with Crippen molar-refractivity contribution in [1.29, 1.82) is 0 Å². The van der Waals surface area contributed by atoms with Gasteiger partial charge in [-0.05, 0) is 12.1 Å². The topological polar surface area (TPSA) is 128 Å². The Morgan fingerprint density at radius 2 is 2.08 bits per heavy atom. The molecule has 4 aromatic heterocycles. The minimum absolute atomic E-state index is 0.112. The highest BCUT2D eigenvalue weighted by Crippen LogP contribution is 2.31. The van der Waals surface area contributed by atoms with Crippen LogP contribution >= 0.6 is 0 Å². The molecule has 3 N–H and O–H groups in total. The van der Waals surface area contributed by atoms with Crippen LogP contribution in [-0.2, 0) is 7.05 Å². The number of nitrogens with zero attached hydrogens (tertiary/aromatic N) is 6. The quantitative estimate of drug-likeness (QED) is 0.575. The maximum absolute atomic E-state index is 12.0. The van der Waals surface area contributed by atoms with Crippen LogP contribution in [0.1, 0.15) is 10.5 Å². The molecule has 0 atom stereocenters. The zero-order valence-electron chi connectivity index (χ0n) is 13.8. The van der Waals surface area contributed by atoms with Gasteiger partial charge in [0.25, 0.3) is 5.91 Å². The number of aromatic amines is 1. The van der Waals surface area contributed by atoms with E-state index in [1.165, 1.54) is 0 Å². The number of hydrogen-bond donors (Lipinski definition) is 2. The average molecular weight is 346 g/mol. The van der Waals surface area contributed by atoms with Crippen molar-refractivity contribution >= 4 is 5.91 Å². The molecule has 0 aliphatic carbocycles. The maximum atomic E-state index is 12.0. The third kappa shape index (κ3) is 2.71. The summed E-state index contributed by atoms with van der Waals surface area (Å²) in [6, 6.07) is 5.54. The van der Waals surface area contributed by atoms with E-state index in [0.717, 1.165) is 0 Å². The van der Waals surface area contributed by atoms with Crippen molar-refractivity contribution in [2.75, 3.05) is 0 Å². The predicted octanol–water partition coefficient (Wildman–Crippen LogP) is 1.43. The monoisotopic (exact) mass is 346 g/mol. The van der Waals surface area contributed by atoms with Crippen LogP contribution in [0.15, 0.2) is 49.2 Å². The summed E-state index contributed by atoms with van der Waals surface area (Å²) < 4.78 is 1.65. The fraction of sp³-hybridized carbons (Fsp3) is 0.0588. The Bertz CT molecular complexity index is 1070. The van der Waals surface area contributed by atoms with Crippen molar-refractivity contribution in [3.8, 4) is 33.9 Å². The van der Waals surface area contributed by atoms with Gasteiger partial charge in [0, 0.05) is 43.0 Å². The van der Waals surface area contributed by atoms with Crippen molar-refractivity contribution < 1.29 is 4.79 Å². The van der Waals surface area contributed by atoms with Gasteiger partial charge in [0.15, 0.2) is 5.82 Å². The summed E-state index contributed by atoms with van der Waals surface area (Å²) in [5, 5.41) is 11.0. The molecule has 128 valence electrons. The van der Waals surface area contributed by atoms with Crippen molar-refractivity contribution in [3.05, 3.63) is 54.9 Å². The molecule has 0 unspecified atom stereocenters. The highest BCUT2D eigenvalue weighted by atomic mass is 16.1. The fourth-order valence-corrected chi connectivity index (χ4v) is 2.66. The first-order chi connectivity index (χ1) is 12.6. The molecule has 0 bridgehead atoms. The summed E-state index contributed by atoms with van der Waals surface area (Å²) in [6.07, 6.45) is 8.25. The molecule has 9 nitrogen and oxygen atoms in total. The Kier molecular flexibility index (Phi) is 3.73. The Labute approximate surface area is 147 Å². The number of carbonyl (C=O) groups excluding carboxylic acids is 1. The first-order valence-corrected chi connectivity index (χ1v) is 7.75. The lowest BCUT2D eigenvalue weighted by atomic mass is 10.0. The largest absolute Gasteiger partial charge is 0.364 e. The van der Waals surface area contributed by atoms with Gasteiger partial charge in [-0.1, -0.05) is 6.07 Å². The van der Waals surface area contributed by atoms with Crippen LogP contribution in [0.4, 0.5) is 0 Å². The number of aryl methyl sites for hydroxylation is 1. The van der Waals surface area contributed by atoms with E-state index in [2.05, 4.69) is 30.2 Å². The second-order valence-corrected chi connectivity index (χ2v) is 5.59. The molecular weight excluding hydrogens is 332 g/mol. The van der Waals surface area contributed by atoms with Crippen molar-refractivity contribution in [2.45, 2.75) is 0 Å². The van der Waals surface area contributed by atoms with Gasteiger partial charge in [-0.3, -0.25) is 19.6 Å². The second kappa shape index (κ2) is 6.20. The predicted molar refractivity (Wildman–Crippen MR) is 93.6 cm³/mol. The number of primary amides is 1. The molecule has 1 amide bonds. The van der Waals surface area contributed by atoms with Crippen molar-refractivity contribution in [2.24, 2.45) is 12.8 Å². The van der Waals surface area contributed by atoms with Gasteiger partial charge < -0.3 is 5.73 Å². The summed E-state index contributed by atoms with van der Waals surface area (Å²) >= 11 is 0. The van der Waals surface area contributed by atoms with Gasteiger partial charge >= 0.3 is 0 Å². The molecule has 26 heavy (non-hydrogen) atoms. The van der Waals surface area contributed by atoms with Gasteiger partial charge in [0.2, 0.25) is 0 Å². The number of nitrogens with one attached hydrogen (secondary N) is 1. The van der Waals surface area contributed by atoms with Gasteiger partial charge in [-0.15, -0.1) is 0 Å². The number of nitrogens with two attached hydrogens (primary N) is 1. The van der Waals surface area contributed by atoms with E-state index in [1.54, 1.807) is 42.7 Å². The maximum Gasteiger partial charge on any atom is 0.268 e. The second-order valence-electron chi connectivity index (χ2n) is 5.59. The van der Waals surface area contributed by atoms with E-state index in [9.17, 15) is 4.79 Å². The molecule has 0 fully saturated rings. The van der Waals surface area contributed by atoms with Crippen LogP contribution < -0.4 is 5.73 Å². The zero-order valence-corrected chi connectivity index (χ0v) is 13.8. The van der Waals surface area contributed by atoms with Crippen LogP contribution in [0, 0.1) is 0 Å². The molecular formula is C17H14N8O. The van der Waals surface area contributed by atoms with Crippen LogP contribution in [0.3, 0.4) is 0 Å². The summed E-state index contributed by atoms with van der Waals surface area (Å²) in [6.45, 7) is 0. The van der Waals surface area contributed by atoms with E-state index in [0.29, 0.717) is 33.9 Å². The van der Waals surface area contributed by atoms with Gasteiger partial charge in [-0.2, -0.15) is 10.2 Å². The molecule has 0 radical (unpaired) electrons. The third-order valence-corrected chi connectivity index (χ3v) is 3.81. The van der Waals surface area contributed by atoms with Crippen molar-refractivity contribution in [1.82, 2.24) is 34.9 Å². The number of H-pyrrole nitrogens is 1. The first-order valence-electron chi connectivity index (χ1n) is 7.75. The zero-order chi connectivity index (χ0) is 18.1. The molecule has 9 heteroatoms. The summed E-state index contributed by atoms with van der Waals surface area (Å²) in [4.78, 5) is 25.1. The third-order valence-electron chi connectivity index (χ3n) is 3.81. The van der Waals surface area contributed by atoms with Crippen molar-refractivity contribution in [3.63, 3.8) is 0 Å². The number of amides is 1. The fourth-order valence-electron chi connectivity index (χ4n) is 2.66. The molecule has 0 aliphatic rings. The number of hydrogen-bond acceptors (Lipinski definition) is 6. The van der Waals surface area contributed by atoms with E-state index in [-0.39, 0.29) is 5.69 Å². The Balaban J connectivity index is 1.90. The van der Waals surface area contributed by atoms with Crippen LogP contribution in [0.2, 0.25) is 0 Å². The molecule has 4 heterocycles. The smallest absolute Gasteiger partial charge is 0.268 e. The molecule has 0 aliphatic heterocycles. The van der Waals surface area contributed by atoms with Crippen LogP contribution in [-0.4, -0.2) is 40.8 Å². The Morgan fingerprint density at radius 3 is 2.77 bits per heavy atom. The highest BCUT2D eigenvalue weighted by Gasteiger charge is 2.21. The van der Waals surface area contributed by atoms with Crippen LogP contribution in [0.5, 0.6) is 0 Å². The average Bonchev–Trinajstić information content (AvgIpc) is 3.31. The normalized spacial score (nSPS) is 10.8. The number of aromatic nitrogens is 7. The van der Waals surface area contributed by atoms with Gasteiger partial charge in [0.1, 0.15) is 11.4 Å². The van der Waals surface area contributed by atoms with Gasteiger partial charge in [0.05, 0.1) is 17.5 Å². The lowest BCUT2D eigenvalue weighted by Gasteiger charge is -2.07. The summed E-state index contributed by atoms with van der Waals surface area (Å²) in [5.41, 5.74) is 8.83. The minimum Gasteiger partial charge on any atom is -0.364 e. The number of carbonyl (C=O) groups is 1. The number of pyridine rings is 1. The van der Waals surface area contributed by atoms with E-state index < -0.39 is 5.91 Å². The standard InChI is InChI=1S/C17H14N8O/c1-25-9-12(14(24-25)13-4-2-3-5-19-13)11-8-20-17(10-6-21-22-7-10)23-15(11)16(18)26/h2-9H,1H3,(H2,18,26)(H,21,22). The molecule has 0 aromatic carbocycles. The van der Waals surface area contributed by atoms with E-state index >= 15 is 0 Å². The number of rotatable bonds is 4. The Hall–Kier alpha value is -3.88. The Morgan fingerprint density at radius 1 is 1.19 bits per heavy atom. The summed E-state index contributed by atoms with van der Waals surface area (Å²) in [5.74, 6) is -0.289. The SMILES string of the molecule is Cn1cc(-c2cnc(-c3cn[nH]c3)nc2C(N)=O)c(-c2ccccn2)n1. The molecule has 0 saturated carbocycles. The van der Waals surface area contributed by atoms with Crippen LogP contribution in [0.25, 0.3) is 33.9 Å². The molecule has 4 rings (SSSR count). The lowest BCUT2D eigenvalue weighted by molar-refractivity contribution is 0.0996. The minimum atomic E-state index is -0.650. The van der Waals surface area contributed by atoms with E-state index in [4.69, 9.17) is 5.73 Å². The molecule has 0 spiro atoms. The molecule has 4 aromatic rings. The highest BCUT2D eigenvalue weighted by molar-refractivity contribution is 5.99. The van der Waals surface area contributed by atoms with Gasteiger partial charge in [-0.25, -0.2) is 9.97 Å². The molecule has 0 saturated heterocycles.